The molecule has 1 saturated heterocycles. The van der Waals surface area contributed by atoms with Gasteiger partial charge in [-0.2, -0.15) is 0 Å². The van der Waals surface area contributed by atoms with Crippen molar-refractivity contribution in [2.75, 3.05) is 19.6 Å². The molecule has 27 heavy (non-hydrogen) atoms. The summed E-state index contributed by atoms with van der Waals surface area (Å²) in [6.07, 6.45) is 2.52. The van der Waals surface area contributed by atoms with Crippen LogP contribution in [-0.4, -0.2) is 48.5 Å². The number of nitrogens with zero attached hydrogens (tertiary/aromatic N) is 1. The van der Waals surface area contributed by atoms with E-state index in [2.05, 4.69) is 5.32 Å². The molecule has 1 aromatic carbocycles. The zero-order valence-electron chi connectivity index (χ0n) is 15.9. The van der Waals surface area contributed by atoms with Crippen LogP contribution in [0.15, 0.2) is 18.2 Å². The molecule has 0 aliphatic carbocycles. The lowest BCUT2D eigenvalue weighted by Gasteiger charge is -2.37. The summed E-state index contributed by atoms with van der Waals surface area (Å²) in [6.45, 7) is 5.12. The van der Waals surface area contributed by atoms with Gasteiger partial charge in [0, 0.05) is 32.1 Å². The van der Waals surface area contributed by atoms with E-state index in [9.17, 15) is 9.59 Å². The third kappa shape index (κ3) is 6.87. The summed E-state index contributed by atoms with van der Waals surface area (Å²) in [6, 6.07) is 5.47. The van der Waals surface area contributed by atoms with Gasteiger partial charge in [-0.15, -0.1) is 12.4 Å². The lowest BCUT2D eigenvalue weighted by Crippen LogP contribution is -2.53. The van der Waals surface area contributed by atoms with Gasteiger partial charge in [0.2, 0.25) is 5.91 Å². The molecular formula is C19H29Cl2N3O3. The van der Waals surface area contributed by atoms with Crippen LogP contribution in [0, 0.1) is 6.92 Å². The van der Waals surface area contributed by atoms with Gasteiger partial charge in [0.15, 0.2) is 6.10 Å². The maximum absolute atomic E-state index is 12.9. The van der Waals surface area contributed by atoms with Crippen molar-refractivity contribution in [1.29, 1.82) is 0 Å². The zero-order valence-corrected chi connectivity index (χ0v) is 17.4. The van der Waals surface area contributed by atoms with Crippen molar-refractivity contribution in [1.82, 2.24) is 10.2 Å². The number of ether oxygens (including phenoxy) is 1. The second-order valence-electron chi connectivity index (χ2n) is 6.72. The highest BCUT2D eigenvalue weighted by molar-refractivity contribution is 6.32. The first-order valence-electron chi connectivity index (χ1n) is 9.12. The summed E-state index contributed by atoms with van der Waals surface area (Å²) in [4.78, 5) is 26.4. The van der Waals surface area contributed by atoms with E-state index in [0.717, 1.165) is 24.8 Å². The smallest absolute Gasteiger partial charge is 0.263 e. The Morgan fingerprint density at radius 1 is 1.41 bits per heavy atom. The first kappa shape index (κ1) is 23.5. The van der Waals surface area contributed by atoms with Crippen LogP contribution in [0.5, 0.6) is 5.75 Å². The van der Waals surface area contributed by atoms with E-state index in [0.29, 0.717) is 36.8 Å². The Morgan fingerprint density at radius 2 is 2.15 bits per heavy atom. The minimum absolute atomic E-state index is 0. The van der Waals surface area contributed by atoms with Crippen LogP contribution in [0.1, 0.15) is 38.2 Å². The maximum atomic E-state index is 12.9. The molecule has 0 saturated carbocycles. The lowest BCUT2D eigenvalue weighted by atomic mass is 10.0. The molecular weight excluding hydrogens is 389 g/mol. The molecule has 1 fully saturated rings. The second kappa shape index (κ2) is 11.4. The molecule has 1 aliphatic rings. The molecule has 0 bridgehead atoms. The van der Waals surface area contributed by atoms with Gasteiger partial charge in [0.1, 0.15) is 5.75 Å². The van der Waals surface area contributed by atoms with Crippen LogP contribution in [0.2, 0.25) is 5.02 Å². The van der Waals surface area contributed by atoms with Crippen LogP contribution >= 0.6 is 24.0 Å². The lowest BCUT2D eigenvalue weighted by molar-refractivity contribution is -0.142. The van der Waals surface area contributed by atoms with Crippen LogP contribution in [-0.2, 0) is 9.59 Å². The highest BCUT2D eigenvalue weighted by atomic mass is 35.5. The highest BCUT2D eigenvalue weighted by Crippen LogP contribution is 2.27. The van der Waals surface area contributed by atoms with Crippen LogP contribution in [0.25, 0.3) is 0 Å². The molecule has 2 atom stereocenters. The standard InChI is InChI=1S/C19H28ClN3O3.ClH/c1-13-6-7-16(20)17(11-13)26-14(2)19(25)23-10-4-3-5-15(23)12-22-18(24)8-9-21;/h6-7,11,14-15H,3-5,8-10,12,21H2,1-2H3,(H,22,24);1H. The molecule has 2 amide bonds. The fourth-order valence-corrected chi connectivity index (χ4v) is 3.29. The monoisotopic (exact) mass is 417 g/mol. The van der Waals surface area contributed by atoms with Gasteiger partial charge in [0.05, 0.1) is 5.02 Å². The van der Waals surface area contributed by atoms with Crippen molar-refractivity contribution in [2.24, 2.45) is 5.73 Å². The summed E-state index contributed by atoms with van der Waals surface area (Å²) in [5.74, 6) is 0.346. The number of piperidine rings is 1. The van der Waals surface area contributed by atoms with Gasteiger partial charge in [-0.3, -0.25) is 9.59 Å². The first-order valence-corrected chi connectivity index (χ1v) is 9.50. The second-order valence-corrected chi connectivity index (χ2v) is 7.13. The Balaban J connectivity index is 0.00000364. The van der Waals surface area contributed by atoms with E-state index < -0.39 is 6.10 Å². The summed E-state index contributed by atoms with van der Waals surface area (Å²) in [7, 11) is 0. The number of nitrogens with two attached hydrogens (primary N) is 1. The topological polar surface area (TPSA) is 84.7 Å². The van der Waals surface area contributed by atoms with Gasteiger partial charge in [0.25, 0.3) is 5.91 Å². The van der Waals surface area contributed by atoms with Gasteiger partial charge >= 0.3 is 0 Å². The molecule has 1 aliphatic heterocycles. The third-order valence-electron chi connectivity index (χ3n) is 4.55. The van der Waals surface area contributed by atoms with Gasteiger partial charge in [-0.1, -0.05) is 17.7 Å². The summed E-state index contributed by atoms with van der Waals surface area (Å²) >= 11 is 6.17. The molecule has 0 spiro atoms. The predicted octanol–water partition coefficient (Wildman–Crippen LogP) is 2.68. The Kier molecular flexibility index (Phi) is 9.91. The number of rotatable bonds is 7. The normalized spacial score (nSPS) is 17.6. The SMILES string of the molecule is Cc1ccc(Cl)c(OC(C)C(=O)N2CCCCC2CNC(=O)CCN)c1.Cl. The average molecular weight is 418 g/mol. The summed E-state index contributed by atoms with van der Waals surface area (Å²) in [5.41, 5.74) is 6.41. The number of hydrogen-bond acceptors (Lipinski definition) is 4. The molecule has 3 N–H and O–H groups in total. The number of carbonyl (C=O) groups excluding carboxylic acids is 2. The van der Waals surface area contributed by atoms with Crippen LogP contribution in [0.4, 0.5) is 0 Å². The van der Waals surface area contributed by atoms with Crippen molar-refractivity contribution in [3.63, 3.8) is 0 Å². The van der Waals surface area contributed by atoms with E-state index in [1.807, 2.05) is 24.0 Å². The molecule has 2 unspecified atom stereocenters. The van der Waals surface area contributed by atoms with E-state index in [1.54, 1.807) is 13.0 Å². The van der Waals surface area contributed by atoms with E-state index in [1.165, 1.54) is 0 Å². The quantitative estimate of drug-likeness (QED) is 0.713. The number of aryl methyl sites for hydroxylation is 1. The number of likely N-dealkylation sites (tertiary alicyclic amines) is 1. The van der Waals surface area contributed by atoms with E-state index in [4.69, 9.17) is 22.1 Å². The number of hydrogen-bond donors (Lipinski definition) is 2. The Morgan fingerprint density at radius 3 is 2.85 bits per heavy atom. The van der Waals surface area contributed by atoms with E-state index >= 15 is 0 Å². The first-order chi connectivity index (χ1) is 12.4. The number of carbonyl (C=O) groups is 2. The highest BCUT2D eigenvalue weighted by Gasteiger charge is 2.31. The van der Waals surface area contributed by atoms with Gasteiger partial charge in [-0.25, -0.2) is 0 Å². The predicted molar refractivity (Wildman–Crippen MR) is 110 cm³/mol. The van der Waals surface area contributed by atoms with Crippen molar-refractivity contribution >= 4 is 35.8 Å². The molecule has 6 nitrogen and oxygen atoms in total. The summed E-state index contributed by atoms with van der Waals surface area (Å²) in [5, 5.41) is 3.35. The van der Waals surface area contributed by atoms with Crippen molar-refractivity contribution in [2.45, 2.75) is 51.7 Å². The Labute approximate surface area is 172 Å². The van der Waals surface area contributed by atoms with Crippen LogP contribution < -0.4 is 15.8 Å². The number of halogens is 2. The molecule has 1 aromatic rings. The molecule has 0 radical (unpaired) electrons. The molecule has 152 valence electrons. The molecule has 1 heterocycles. The largest absolute Gasteiger partial charge is 0.479 e. The summed E-state index contributed by atoms with van der Waals surface area (Å²) < 4.78 is 5.83. The number of benzene rings is 1. The van der Waals surface area contributed by atoms with Crippen molar-refractivity contribution in [3.8, 4) is 5.75 Å². The fourth-order valence-electron chi connectivity index (χ4n) is 3.13. The fraction of sp³-hybridized carbons (Fsp3) is 0.579. The molecule has 0 aromatic heterocycles. The average Bonchev–Trinajstić information content (AvgIpc) is 2.63. The van der Waals surface area contributed by atoms with Crippen molar-refractivity contribution in [3.05, 3.63) is 28.8 Å². The Hall–Kier alpha value is -1.50. The maximum Gasteiger partial charge on any atom is 0.263 e. The number of amides is 2. The van der Waals surface area contributed by atoms with E-state index in [-0.39, 0.29) is 30.3 Å². The minimum atomic E-state index is -0.644. The van der Waals surface area contributed by atoms with Crippen molar-refractivity contribution < 1.29 is 14.3 Å². The minimum Gasteiger partial charge on any atom is -0.479 e. The van der Waals surface area contributed by atoms with Gasteiger partial charge in [-0.05, 0) is 50.8 Å². The molecule has 8 heteroatoms. The zero-order chi connectivity index (χ0) is 19.1. The molecule has 2 rings (SSSR count). The third-order valence-corrected chi connectivity index (χ3v) is 4.87. The van der Waals surface area contributed by atoms with Gasteiger partial charge < -0.3 is 20.7 Å². The van der Waals surface area contributed by atoms with Crippen LogP contribution in [0.3, 0.4) is 0 Å². The Bertz CT molecular complexity index is 643. The number of nitrogens with one attached hydrogen (secondary N) is 1.